The summed E-state index contributed by atoms with van der Waals surface area (Å²) in [6, 6.07) is -0.897. The van der Waals surface area contributed by atoms with Gasteiger partial charge in [0.1, 0.15) is 6.04 Å². The minimum atomic E-state index is -1.06. The maximum absolute atomic E-state index is 12.3. The van der Waals surface area contributed by atoms with Crippen molar-refractivity contribution in [1.82, 2.24) is 4.90 Å². The number of methoxy groups -OCH3 is 1. The van der Waals surface area contributed by atoms with E-state index in [4.69, 9.17) is 5.11 Å². The highest BCUT2D eigenvalue weighted by Gasteiger charge is 2.36. The highest BCUT2D eigenvalue weighted by Crippen LogP contribution is 2.21. The molecule has 7 heteroatoms. The van der Waals surface area contributed by atoms with Crippen molar-refractivity contribution in [3.05, 3.63) is 0 Å². The maximum atomic E-state index is 12.3. The largest absolute Gasteiger partial charge is 0.480 e. The van der Waals surface area contributed by atoms with E-state index in [-0.39, 0.29) is 25.3 Å². The Hall–Kier alpha value is -1.63. The van der Waals surface area contributed by atoms with Crippen molar-refractivity contribution in [1.29, 1.82) is 0 Å². The van der Waals surface area contributed by atoms with E-state index in [9.17, 15) is 19.5 Å². The van der Waals surface area contributed by atoms with Crippen LogP contribution in [0.5, 0.6) is 0 Å². The summed E-state index contributed by atoms with van der Waals surface area (Å²) in [6.07, 6.45) is 0.327. The summed E-state index contributed by atoms with van der Waals surface area (Å²) in [5.41, 5.74) is 0. The van der Waals surface area contributed by atoms with Crippen LogP contribution in [0.15, 0.2) is 0 Å². The van der Waals surface area contributed by atoms with Gasteiger partial charge >= 0.3 is 11.9 Å². The molecule has 20 heavy (non-hydrogen) atoms. The van der Waals surface area contributed by atoms with Gasteiger partial charge in [-0.25, -0.2) is 4.79 Å². The molecule has 0 aromatic carbocycles. The van der Waals surface area contributed by atoms with Crippen LogP contribution in [0.4, 0.5) is 0 Å². The number of aliphatic carboxylic acids is 1. The molecular weight excluding hydrogens is 266 g/mol. The van der Waals surface area contributed by atoms with Crippen molar-refractivity contribution >= 4 is 17.8 Å². The molecule has 2 N–H and O–H groups in total. The van der Waals surface area contributed by atoms with E-state index in [1.54, 1.807) is 6.92 Å². The lowest BCUT2D eigenvalue weighted by atomic mass is 9.96. The number of hydrogen-bond donors (Lipinski definition) is 2. The molecule has 1 rings (SSSR count). The number of hydrogen-bond acceptors (Lipinski definition) is 5. The molecule has 0 aromatic heterocycles. The normalized spacial score (nSPS) is 24.1. The molecule has 0 bridgehead atoms. The fourth-order valence-electron chi connectivity index (χ4n) is 2.29. The van der Waals surface area contributed by atoms with E-state index < -0.39 is 30.0 Å². The molecule has 1 saturated heterocycles. The molecule has 0 spiro atoms. The van der Waals surface area contributed by atoms with Crippen molar-refractivity contribution in [3.8, 4) is 0 Å². The zero-order chi connectivity index (χ0) is 15.3. The highest BCUT2D eigenvalue weighted by molar-refractivity contribution is 5.85. The number of ether oxygens (including phenoxy) is 1. The monoisotopic (exact) mass is 287 g/mol. The standard InChI is InChI=1S/C13H21NO6/c1-8(3-6-11(16)20-2)12(17)14-7-9(15)4-5-10(14)13(18)19/h8-10,15H,3-7H2,1-2H3,(H,18,19). The van der Waals surface area contributed by atoms with Crippen LogP contribution in [0.2, 0.25) is 0 Å². The van der Waals surface area contributed by atoms with Gasteiger partial charge in [0.15, 0.2) is 0 Å². The molecule has 7 nitrogen and oxygen atoms in total. The quantitative estimate of drug-likeness (QED) is 0.690. The summed E-state index contributed by atoms with van der Waals surface area (Å²) in [6.45, 7) is 1.67. The smallest absolute Gasteiger partial charge is 0.326 e. The Morgan fingerprint density at radius 2 is 2.00 bits per heavy atom. The second kappa shape index (κ2) is 7.23. The lowest BCUT2D eigenvalue weighted by Crippen LogP contribution is -2.53. The summed E-state index contributed by atoms with van der Waals surface area (Å²) in [7, 11) is 1.27. The van der Waals surface area contributed by atoms with Crippen molar-refractivity contribution in [2.24, 2.45) is 5.92 Å². The van der Waals surface area contributed by atoms with E-state index in [0.29, 0.717) is 12.8 Å². The van der Waals surface area contributed by atoms with E-state index in [2.05, 4.69) is 4.74 Å². The molecule has 1 heterocycles. The van der Waals surface area contributed by atoms with Crippen molar-refractivity contribution in [2.75, 3.05) is 13.7 Å². The number of amides is 1. The first-order valence-corrected chi connectivity index (χ1v) is 6.65. The molecule has 114 valence electrons. The molecule has 0 aliphatic carbocycles. The summed E-state index contributed by atoms with van der Waals surface area (Å²) in [5, 5.41) is 18.7. The molecule has 0 aromatic rings. The lowest BCUT2D eigenvalue weighted by Gasteiger charge is -2.37. The third-order valence-electron chi connectivity index (χ3n) is 3.56. The van der Waals surface area contributed by atoms with Crippen LogP contribution in [-0.2, 0) is 19.1 Å². The molecular formula is C13H21NO6. The van der Waals surface area contributed by atoms with Gasteiger partial charge in [-0.3, -0.25) is 9.59 Å². The fourth-order valence-corrected chi connectivity index (χ4v) is 2.29. The summed E-state index contributed by atoms with van der Waals surface area (Å²) >= 11 is 0. The minimum Gasteiger partial charge on any atom is -0.480 e. The number of carbonyl (C=O) groups excluding carboxylic acids is 2. The average Bonchev–Trinajstić information content (AvgIpc) is 2.42. The number of carboxylic acid groups (broad SMARTS) is 1. The number of esters is 1. The number of nitrogens with zero attached hydrogens (tertiary/aromatic N) is 1. The first-order chi connectivity index (χ1) is 9.36. The second-order valence-corrected chi connectivity index (χ2v) is 5.09. The van der Waals surface area contributed by atoms with Crippen LogP contribution in [0.3, 0.4) is 0 Å². The fraction of sp³-hybridized carbons (Fsp3) is 0.769. The van der Waals surface area contributed by atoms with E-state index in [1.165, 1.54) is 12.0 Å². The van der Waals surface area contributed by atoms with E-state index in [1.807, 2.05) is 0 Å². The SMILES string of the molecule is COC(=O)CCC(C)C(=O)N1CC(O)CCC1C(=O)O. The van der Waals surface area contributed by atoms with Gasteiger partial charge in [0.25, 0.3) is 0 Å². The summed E-state index contributed by atoms with van der Waals surface area (Å²) in [4.78, 5) is 35.7. The van der Waals surface area contributed by atoms with Crippen LogP contribution >= 0.6 is 0 Å². The van der Waals surface area contributed by atoms with Gasteiger partial charge in [0.2, 0.25) is 5.91 Å². The molecule has 1 aliphatic heterocycles. The van der Waals surface area contributed by atoms with Crippen molar-refractivity contribution < 1.29 is 29.3 Å². The van der Waals surface area contributed by atoms with E-state index >= 15 is 0 Å². The Bertz CT molecular complexity index is 383. The second-order valence-electron chi connectivity index (χ2n) is 5.09. The van der Waals surface area contributed by atoms with Gasteiger partial charge in [0, 0.05) is 18.9 Å². The van der Waals surface area contributed by atoms with Gasteiger partial charge in [-0.2, -0.15) is 0 Å². The van der Waals surface area contributed by atoms with Crippen LogP contribution in [0.25, 0.3) is 0 Å². The summed E-state index contributed by atoms with van der Waals surface area (Å²) < 4.78 is 4.50. The van der Waals surface area contributed by atoms with Gasteiger partial charge in [-0.1, -0.05) is 6.92 Å². The topological polar surface area (TPSA) is 104 Å². The Morgan fingerprint density at radius 1 is 1.35 bits per heavy atom. The van der Waals surface area contributed by atoms with E-state index in [0.717, 1.165) is 0 Å². The first kappa shape index (κ1) is 16.4. The Labute approximate surface area is 117 Å². The molecule has 1 aliphatic rings. The molecule has 3 unspecified atom stereocenters. The van der Waals surface area contributed by atoms with Crippen LogP contribution in [0.1, 0.15) is 32.6 Å². The number of β-amino-alcohol motifs (C(OH)–C–C–N with tert-alkyl or cyclic N) is 1. The van der Waals surface area contributed by atoms with Gasteiger partial charge < -0.3 is 19.8 Å². The number of carbonyl (C=O) groups is 3. The number of likely N-dealkylation sites (tertiary alicyclic amines) is 1. The predicted molar refractivity (Wildman–Crippen MR) is 68.8 cm³/mol. The zero-order valence-electron chi connectivity index (χ0n) is 11.7. The van der Waals surface area contributed by atoms with Gasteiger partial charge in [-0.05, 0) is 19.3 Å². The van der Waals surface area contributed by atoms with Crippen LogP contribution in [-0.4, -0.2) is 58.8 Å². The molecule has 3 atom stereocenters. The minimum absolute atomic E-state index is 0.0262. The third-order valence-corrected chi connectivity index (χ3v) is 3.56. The lowest BCUT2D eigenvalue weighted by molar-refractivity contribution is -0.156. The summed E-state index contributed by atoms with van der Waals surface area (Å²) in [5.74, 6) is -2.30. The molecule has 1 fully saturated rings. The van der Waals surface area contributed by atoms with Gasteiger partial charge in [0.05, 0.1) is 13.2 Å². The van der Waals surface area contributed by atoms with Crippen molar-refractivity contribution in [3.63, 3.8) is 0 Å². The zero-order valence-corrected chi connectivity index (χ0v) is 11.7. The maximum Gasteiger partial charge on any atom is 0.326 e. The highest BCUT2D eigenvalue weighted by atomic mass is 16.5. The Kier molecular flexibility index (Phi) is 5.94. The van der Waals surface area contributed by atoms with Crippen LogP contribution in [0, 0.1) is 5.92 Å². The third kappa shape index (κ3) is 4.19. The average molecular weight is 287 g/mol. The molecule has 0 saturated carbocycles. The molecule has 0 radical (unpaired) electrons. The molecule has 1 amide bonds. The van der Waals surface area contributed by atoms with Crippen LogP contribution < -0.4 is 0 Å². The van der Waals surface area contributed by atoms with Gasteiger partial charge in [-0.15, -0.1) is 0 Å². The number of aliphatic hydroxyl groups is 1. The number of rotatable bonds is 5. The number of aliphatic hydroxyl groups excluding tert-OH is 1. The van der Waals surface area contributed by atoms with Crippen molar-refractivity contribution in [2.45, 2.75) is 44.8 Å². The Morgan fingerprint density at radius 3 is 2.55 bits per heavy atom. The number of carboxylic acids is 1. The number of piperidine rings is 1. The predicted octanol–water partition coefficient (Wildman–Crippen LogP) is 0.0122. The first-order valence-electron chi connectivity index (χ1n) is 6.65. The Balaban J connectivity index is 2.66.